The Morgan fingerprint density at radius 3 is 2.89 bits per heavy atom. The predicted molar refractivity (Wildman–Crippen MR) is 74.0 cm³/mol. The van der Waals surface area contributed by atoms with Gasteiger partial charge in [-0.25, -0.2) is 0 Å². The minimum atomic E-state index is -0.152. The summed E-state index contributed by atoms with van der Waals surface area (Å²) < 4.78 is 5.19. The van der Waals surface area contributed by atoms with Gasteiger partial charge < -0.3 is 15.0 Å². The summed E-state index contributed by atoms with van der Waals surface area (Å²) in [6.45, 7) is 3.61. The zero-order valence-corrected chi connectivity index (χ0v) is 11.3. The molecule has 0 aromatic heterocycles. The lowest BCUT2D eigenvalue weighted by Crippen LogP contribution is -2.39. The van der Waals surface area contributed by atoms with Crippen molar-refractivity contribution >= 4 is 5.69 Å². The van der Waals surface area contributed by atoms with E-state index in [0.29, 0.717) is 6.54 Å². The van der Waals surface area contributed by atoms with Crippen LogP contribution in [0.15, 0.2) is 24.3 Å². The van der Waals surface area contributed by atoms with Crippen LogP contribution in [0.2, 0.25) is 0 Å². The summed E-state index contributed by atoms with van der Waals surface area (Å²) in [6.07, 6.45) is 1.03. The summed E-state index contributed by atoms with van der Waals surface area (Å²) >= 11 is 0. The molecule has 18 heavy (non-hydrogen) atoms. The molecule has 0 aliphatic rings. The zero-order chi connectivity index (χ0) is 13.4. The second-order valence-corrected chi connectivity index (χ2v) is 4.22. The van der Waals surface area contributed by atoms with Gasteiger partial charge in [0.05, 0.1) is 13.2 Å². The van der Waals surface area contributed by atoms with Gasteiger partial charge in [-0.15, -0.1) is 0 Å². The van der Waals surface area contributed by atoms with Gasteiger partial charge in [0, 0.05) is 25.3 Å². The molecular formula is C14H21N3O. The van der Waals surface area contributed by atoms with E-state index in [1.165, 1.54) is 0 Å². The van der Waals surface area contributed by atoms with E-state index in [0.717, 1.165) is 24.4 Å². The van der Waals surface area contributed by atoms with E-state index >= 15 is 0 Å². The topological polar surface area (TPSA) is 48.3 Å². The first-order valence-electron chi connectivity index (χ1n) is 6.19. The van der Waals surface area contributed by atoms with Gasteiger partial charge >= 0.3 is 0 Å². The lowest BCUT2D eigenvalue weighted by Gasteiger charge is -2.23. The second kappa shape index (κ2) is 7.57. The molecule has 1 atom stereocenters. The number of ether oxygens (including phenoxy) is 1. The number of benzene rings is 1. The van der Waals surface area contributed by atoms with Crippen LogP contribution in [0, 0.1) is 11.3 Å². The van der Waals surface area contributed by atoms with E-state index < -0.39 is 0 Å². The van der Waals surface area contributed by atoms with E-state index in [1.807, 2.05) is 31.3 Å². The highest BCUT2D eigenvalue weighted by Gasteiger charge is 2.10. The van der Waals surface area contributed by atoms with Crippen LogP contribution >= 0.6 is 0 Å². The molecule has 0 saturated heterocycles. The predicted octanol–water partition coefficient (Wildman–Crippen LogP) is 2.02. The maximum absolute atomic E-state index is 9.09. The minimum Gasteiger partial charge on any atom is -0.497 e. The third-order valence-electron chi connectivity index (χ3n) is 2.75. The number of methoxy groups -OCH3 is 1. The van der Waals surface area contributed by atoms with Crippen LogP contribution in [0.5, 0.6) is 5.75 Å². The molecule has 0 aliphatic carbocycles. The van der Waals surface area contributed by atoms with Crippen LogP contribution < -0.4 is 15.0 Å². The summed E-state index contributed by atoms with van der Waals surface area (Å²) in [5.41, 5.74) is 1.05. The minimum absolute atomic E-state index is 0.152. The molecule has 1 aromatic carbocycles. The van der Waals surface area contributed by atoms with Crippen LogP contribution in [-0.4, -0.2) is 33.3 Å². The van der Waals surface area contributed by atoms with E-state index in [4.69, 9.17) is 10.00 Å². The number of likely N-dealkylation sites (N-methyl/N-ethyl adjacent to an activating group) is 1. The Morgan fingerprint density at radius 2 is 2.28 bits per heavy atom. The maximum Gasteiger partial charge on any atom is 0.120 e. The van der Waals surface area contributed by atoms with Crippen molar-refractivity contribution in [3.63, 3.8) is 0 Å². The Hall–Kier alpha value is -1.73. The molecule has 1 rings (SSSR count). The van der Waals surface area contributed by atoms with Crippen molar-refractivity contribution < 1.29 is 4.74 Å². The molecule has 4 nitrogen and oxygen atoms in total. The molecule has 0 spiro atoms. The smallest absolute Gasteiger partial charge is 0.120 e. The number of hydrogen-bond donors (Lipinski definition) is 1. The third-order valence-corrected chi connectivity index (χ3v) is 2.75. The number of nitrogens with one attached hydrogen (secondary N) is 1. The number of rotatable bonds is 7. The lowest BCUT2D eigenvalue weighted by molar-refractivity contribution is 0.415. The first-order valence-corrected chi connectivity index (χ1v) is 6.19. The molecule has 0 radical (unpaired) electrons. The largest absolute Gasteiger partial charge is 0.497 e. The van der Waals surface area contributed by atoms with Crippen molar-refractivity contribution in [1.29, 1.82) is 5.26 Å². The van der Waals surface area contributed by atoms with Gasteiger partial charge in [-0.1, -0.05) is 13.0 Å². The Kier molecular flexibility index (Phi) is 6.03. The molecule has 0 bridgehead atoms. The van der Waals surface area contributed by atoms with Gasteiger partial charge in [0.25, 0.3) is 0 Å². The van der Waals surface area contributed by atoms with E-state index in [-0.39, 0.29) is 6.04 Å². The number of nitrogens with zero attached hydrogens (tertiary/aromatic N) is 2. The summed E-state index contributed by atoms with van der Waals surface area (Å²) in [7, 11) is 3.63. The summed E-state index contributed by atoms with van der Waals surface area (Å²) in [5.74, 6) is 0.828. The van der Waals surface area contributed by atoms with Crippen molar-refractivity contribution in [2.45, 2.75) is 19.4 Å². The Bertz CT molecular complexity index is 400. The Balaban J connectivity index is 2.62. The molecule has 0 fully saturated rings. The summed E-state index contributed by atoms with van der Waals surface area (Å²) in [6, 6.07) is 9.97. The van der Waals surface area contributed by atoms with Gasteiger partial charge in [0.2, 0.25) is 0 Å². The van der Waals surface area contributed by atoms with E-state index in [9.17, 15) is 0 Å². The van der Waals surface area contributed by atoms with Crippen LogP contribution in [0.25, 0.3) is 0 Å². The van der Waals surface area contributed by atoms with Crippen LogP contribution in [0.4, 0.5) is 5.69 Å². The standard InChI is InChI=1S/C14H21N3O/c1-4-8-16-12(10-15)11-17(2)13-6-5-7-14(9-13)18-3/h5-7,9,12,16H,4,8,11H2,1-3H3. The molecule has 1 aromatic rings. The lowest BCUT2D eigenvalue weighted by atomic mass is 10.2. The van der Waals surface area contributed by atoms with Crippen molar-refractivity contribution in [2.24, 2.45) is 0 Å². The number of nitriles is 1. The number of anilines is 1. The highest BCUT2D eigenvalue weighted by molar-refractivity contribution is 5.50. The normalized spacial score (nSPS) is 11.7. The Morgan fingerprint density at radius 1 is 1.50 bits per heavy atom. The van der Waals surface area contributed by atoms with Crippen molar-refractivity contribution in [3.05, 3.63) is 24.3 Å². The maximum atomic E-state index is 9.09. The first-order chi connectivity index (χ1) is 8.71. The molecule has 1 unspecified atom stereocenters. The fraction of sp³-hybridized carbons (Fsp3) is 0.500. The Labute approximate surface area is 109 Å². The molecule has 0 saturated carbocycles. The zero-order valence-electron chi connectivity index (χ0n) is 11.3. The first kappa shape index (κ1) is 14.3. The summed E-state index contributed by atoms with van der Waals surface area (Å²) in [4.78, 5) is 2.05. The SMILES string of the molecule is CCCNC(C#N)CN(C)c1cccc(OC)c1. The molecule has 0 amide bonds. The van der Waals surface area contributed by atoms with Crippen molar-refractivity contribution in [1.82, 2.24) is 5.32 Å². The van der Waals surface area contributed by atoms with Crippen molar-refractivity contribution in [2.75, 3.05) is 32.1 Å². The van der Waals surface area contributed by atoms with Crippen molar-refractivity contribution in [3.8, 4) is 11.8 Å². The number of hydrogen-bond acceptors (Lipinski definition) is 4. The second-order valence-electron chi connectivity index (χ2n) is 4.22. The van der Waals surface area contributed by atoms with Gasteiger partial charge in [-0.2, -0.15) is 5.26 Å². The average molecular weight is 247 g/mol. The molecular weight excluding hydrogens is 226 g/mol. The molecule has 0 heterocycles. The highest BCUT2D eigenvalue weighted by Crippen LogP contribution is 2.19. The average Bonchev–Trinajstić information content (AvgIpc) is 2.43. The van der Waals surface area contributed by atoms with Crippen LogP contribution in [-0.2, 0) is 0 Å². The highest BCUT2D eigenvalue weighted by atomic mass is 16.5. The fourth-order valence-corrected chi connectivity index (χ4v) is 1.70. The monoisotopic (exact) mass is 247 g/mol. The van der Waals surface area contributed by atoms with Crippen LogP contribution in [0.1, 0.15) is 13.3 Å². The molecule has 1 N–H and O–H groups in total. The van der Waals surface area contributed by atoms with Gasteiger partial charge in [0.1, 0.15) is 11.8 Å². The van der Waals surface area contributed by atoms with E-state index in [1.54, 1.807) is 7.11 Å². The quantitative estimate of drug-likeness (QED) is 0.801. The van der Waals surface area contributed by atoms with Crippen LogP contribution in [0.3, 0.4) is 0 Å². The molecule has 4 heteroatoms. The molecule has 98 valence electrons. The molecule has 0 aliphatic heterocycles. The summed E-state index contributed by atoms with van der Waals surface area (Å²) in [5, 5.41) is 12.3. The third kappa shape index (κ3) is 4.27. The van der Waals surface area contributed by atoms with E-state index in [2.05, 4.69) is 23.2 Å². The fourth-order valence-electron chi connectivity index (χ4n) is 1.70. The van der Waals surface area contributed by atoms with Gasteiger partial charge in [0.15, 0.2) is 0 Å². The van der Waals surface area contributed by atoms with Gasteiger partial charge in [-0.3, -0.25) is 0 Å². The van der Waals surface area contributed by atoms with Gasteiger partial charge in [-0.05, 0) is 25.1 Å².